The molecule has 0 bridgehead atoms. The Kier molecular flexibility index (Phi) is 11.7. The van der Waals surface area contributed by atoms with E-state index in [0.29, 0.717) is 0 Å². The first-order valence-corrected chi connectivity index (χ1v) is 5.39. The molecule has 20 heavy (non-hydrogen) atoms. The second kappa shape index (κ2) is 11.3. The maximum atomic E-state index is 9.90. The second-order valence-corrected chi connectivity index (χ2v) is 3.65. The van der Waals surface area contributed by atoms with Gasteiger partial charge in [0, 0.05) is 0 Å². The van der Waals surface area contributed by atoms with Crippen LogP contribution in [-0.2, 0) is 14.4 Å². The topological polar surface area (TPSA) is 193 Å². The third-order valence-corrected chi connectivity index (χ3v) is 1.97. The lowest BCUT2D eigenvalue weighted by Crippen LogP contribution is -2.46. The number of carbonyl (C=O) groups is 3. The molecular formula is C10H18O10. The highest BCUT2D eigenvalue weighted by Gasteiger charge is 2.29. The summed E-state index contributed by atoms with van der Waals surface area (Å²) in [5, 5.41) is 59.3. The van der Waals surface area contributed by atoms with Crippen molar-refractivity contribution in [3.63, 3.8) is 0 Å². The maximum Gasteiger partial charge on any atom is 0.303 e. The van der Waals surface area contributed by atoms with Gasteiger partial charge < -0.3 is 40.5 Å². The van der Waals surface area contributed by atoms with Crippen molar-refractivity contribution >= 4 is 18.2 Å². The number of hydrogen-bond donors (Lipinski definition) is 7. The van der Waals surface area contributed by atoms with Crippen LogP contribution in [0.1, 0.15) is 12.8 Å². The zero-order chi connectivity index (χ0) is 16.3. The highest BCUT2D eigenvalue weighted by Crippen LogP contribution is 2.02. The Morgan fingerprint density at radius 1 is 0.900 bits per heavy atom. The summed E-state index contributed by atoms with van der Waals surface area (Å²) < 4.78 is 0. The van der Waals surface area contributed by atoms with Crippen LogP contribution in [0.25, 0.3) is 0 Å². The first-order chi connectivity index (χ1) is 9.17. The van der Waals surface area contributed by atoms with Crippen LogP contribution < -0.4 is 0 Å². The lowest BCUT2D eigenvalue weighted by Gasteiger charge is -2.22. The van der Waals surface area contributed by atoms with E-state index in [1.807, 2.05) is 0 Å². The predicted octanol–water partition coefficient (Wildman–Crippen LogP) is -3.44. The molecule has 0 fully saturated rings. The van der Waals surface area contributed by atoms with E-state index in [1.165, 1.54) is 0 Å². The van der Waals surface area contributed by atoms with Gasteiger partial charge >= 0.3 is 11.9 Å². The molecule has 0 aliphatic heterocycles. The standard InChI is InChI=1S/C6H12O6.C4H6O4/c7-1-3(9)5(11)6(12)4(10)2-8;5-3(6)1-2-4(7)8/h1,3-6,8-12H,2H2;1-2H2,(H,5,6)(H,7,8)/t3-,4+,5+,6+;/m0./s1. The van der Waals surface area contributed by atoms with Crippen LogP contribution in [0.3, 0.4) is 0 Å². The van der Waals surface area contributed by atoms with E-state index in [9.17, 15) is 14.4 Å². The Hall–Kier alpha value is -1.59. The molecule has 0 aliphatic rings. The maximum absolute atomic E-state index is 9.90. The summed E-state index contributed by atoms with van der Waals surface area (Å²) in [6, 6.07) is 0. The molecule has 118 valence electrons. The van der Waals surface area contributed by atoms with Crippen molar-refractivity contribution in [3.05, 3.63) is 0 Å². The Morgan fingerprint density at radius 2 is 1.30 bits per heavy atom. The average Bonchev–Trinajstić information content (AvgIpc) is 2.42. The van der Waals surface area contributed by atoms with E-state index < -0.39 is 43.0 Å². The molecule has 0 aliphatic carbocycles. The van der Waals surface area contributed by atoms with Gasteiger partial charge in [-0.2, -0.15) is 0 Å². The Balaban J connectivity index is 0. The number of aliphatic hydroxyl groups is 5. The lowest BCUT2D eigenvalue weighted by molar-refractivity contribution is -0.143. The van der Waals surface area contributed by atoms with Crippen LogP contribution in [0, 0.1) is 0 Å². The molecule has 10 nitrogen and oxygen atoms in total. The van der Waals surface area contributed by atoms with Gasteiger partial charge in [-0.15, -0.1) is 0 Å². The summed E-state index contributed by atoms with van der Waals surface area (Å²) in [5.74, 6) is -2.15. The van der Waals surface area contributed by atoms with Gasteiger partial charge in [0.25, 0.3) is 0 Å². The fraction of sp³-hybridized carbons (Fsp3) is 0.700. The molecule has 0 saturated carbocycles. The van der Waals surface area contributed by atoms with Crippen LogP contribution >= 0.6 is 0 Å². The van der Waals surface area contributed by atoms with Gasteiger partial charge in [0.15, 0.2) is 6.29 Å². The molecule has 0 unspecified atom stereocenters. The van der Waals surface area contributed by atoms with Crippen molar-refractivity contribution in [2.75, 3.05) is 6.61 Å². The minimum absolute atomic E-state index is 0.0258. The molecule has 0 saturated heterocycles. The molecule has 0 aromatic rings. The van der Waals surface area contributed by atoms with Gasteiger partial charge in [0.2, 0.25) is 0 Å². The second-order valence-electron chi connectivity index (χ2n) is 3.65. The summed E-state index contributed by atoms with van der Waals surface area (Å²) >= 11 is 0. The summed E-state index contributed by atoms with van der Waals surface area (Å²) in [6.45, 7) is -0.760. The molecule has 0 radical (unpaired) electrons. The lowest BCUT2D eigenvalue weighted by atomic mass is 10.0. The van der Waals surface area contributed by atoms with Crippen LogP contribution in [0.15, 0.2) is 0 Å². The van der Waals surface area contributed by atoms with Gasteiger partial charge in [-0.25, -0.2) is 0 Å². The first kappa shape index (κ1) is 20.7. The van der Waals surface area contributed by atoms with E-state index >= 15 is 0 Å². The molecule has 7 N–H and O–H groups in total. The van der Waals surface area contributed by atoms with Gasteiger partial charge in [0.05, 0.1) is 19.4 Å². The van der Waals surface area contributed by atoms with Crippen LogP contribution in [-0.4, -0.2) is 85.0 Å². The average molecular weight is 298 g/mol. The Labute approximate surface area is 113 Å². The Bertz CT molecular complexity index is 290. The van der Waals surface area contributed by atoms with E-state index in [0.717, 1.165) is 0 Å². The van der Waals surface area contributed by atoms with Crippen molar-refractivity contribution < 1.29 is 50.1 Å². The highest BCUT2D eigenvalue weighted by molar-refractivity contribution is 5.75. The largest absolute Gasteiger partial charge is 0.481 e. The smallest absolute Gasteiger partial charge is 0.303 e. The van der Waals surface area contributed by atoms with E-state index in [2.05, 4.69) is 0 Å². The number of aliphatic hydroxyl groups excluding tert-OH is 5. The number of hydrogen-bond acceptors (Lipinski definition) is 8. The van der Waals surface area contributed by atoms with Crippen LogP contribution in [0.5, 0.6) is 0 Å². The van der Waals surface area contributed by atoms with Crippen LogP contribution in [0.2, 0.25) is 0 Å². The summed E-state index contributed by atoms with van der Waals surface area (Å²) in [6.07, 6.45) is -7.43. The van der Waals surface area contributed by atoms with E-state index in [4.69, 9.17) is 35.7 Å². The number of carbonyl (C=O) groups excluding carboxylic acids is 1. The summed E-state index contributed by atoms with van der Waals surface area (Å²) in [4.78, 5) is 29.2. The van der Waals surface area contributed by atoms with Crippen LogP contribution in [0.4, 0.5) is 0 Å². The van der Waals surface area contributed by atoms with Crippen molar-refractivity contribution in [1.82, 2.24) is 0 Å². The zero-order valence-electron chi connectivity index (χ0n) is 10.4. The van der Waals surface area contributed by atoms with E-state index in [1.54, 1.807) is 0 Å². The third-order valence-electron chi connectivity index (χ3n) is 1.97. The highest BCUT2D eigenvalue weighted by atomic mass is 16.4. The fourth-order valence-electron chi connectivity index (χ4n) is 0.832. The van der Waals surface area contributed by atoms with E-state index in [-0.39, 0.29) is 19.1 Å². The zero-order valence-corrected chi connectivity index (χ0v) is 10.4. The number of carboxylic acids is 2. The molecule has 10 heteroatoms. The fourth-order valence-corrected chi connectivity index (χ4v) is 0.832. The summed E-state index contributed by atoms with van der Waals surface area (Å²) in [7, 11) is 0. The minimum Gasteiger partial charge on any atom is -0.481 e. The molecule has 0 amide bonds. The normalized spacial score (nSPS) is 16.1. The SMILES string of the molecule is O=C(O)CCC(=O)O.O=C[C@H](O)[C@@H](O)[C@H](O)[C@H](O)CO. The van der Waals surface area contributed by atoms with Gasteiger partial charge in [-0.05, 0) is 0 Å². The molecular weight excluding hydrogens is 280 g/mol. The van der Waals surface area contributed by atoms with Crippen molar-refractivity contribution in [2.45, 2.75) is 37.3 Å². The number of aldehydes is 1. The van der Waals surface area contributed by atoms with Crippen molar-refractivity contribution in [3.8, 4) is 0 Å². The monoisotopic (exact) mass is 298 g/mol. The molecule has 0 heterocycles. The molecule has 0 spiro atoms. The third kappa shape index (κ3) is 10.3. The molecule has 0 aromatic heterocycles. The number of aliphatic carboxylic acids is 2. The van der Waals surface area contributed by atoms with Crippen molar-refractivity contribution in [2.24, 2.45) is 0 Å². The quantitative estimate of drug-likeness (QED) is 0.221. The predicted molar refractivity (Wildman–Crippen MR) is 61.7 cm³/mol. The Morgan fingerprint density at radius 3 is 1.55 bits per heavy atom. The van der Waals surface area contributed by atoms with Gasteiger partial charge in [0.1, 0.15) is 24.4 Å². The number of rotatable bonds is 8. The minimum atomic E-state index is -1.79. The molecule has 4 atom stereocenters. The molecule has 0 aromatic carbocycles. The number of carboxylic acid groups (broad SMARTS) is 2. The van der Waals surface area contributed by atoms with Crippen molar-refractivity contribution in [1.29, 1.82) is 0 Å². The molecule has 0 rings (SSSR count). The van der Waals surface area contributed by atoms with Gasteiger partial charge in [-0.3, -0.25) is 9.59 Å². The summed E-state index contributed by atoms with van der Waals surface area (Å²) in [5.41, 5.74) is 0. The first-order valence-electron chi connectivity index (χ1n) is 5.39. The van der Waals surface area contributed by atoms with Gasteiger partial charge in [-0.1, -0.05) is 0 Å².